The fourth-order valence-electron chi connectivity index (χ4n) is 2.92. The van der Waals surface area contributed by atoms with Crippen molar-refractivity contribution in [2.75, 3.05) is 26.7 Å². The van der Waals surface area contributed by atoms with Crippen molar-refractivity contribution in [2.24, 2.45) is 11.7 Å². The van der Waals surface area contributed by atoms with Gasteiger partial charge < -0.3 is 15.4 Å². The zero-order chi connectivity index (χ0) is 14.4. The molecule has 1 saturated heterocycles. The van der Waals surface area contributed by atoms with E-state index in [1.54, 1.807) is 7.11 Å². The summed E-state index contributed by atoms with van der Waals surface area (Å²) in [6.07, 6.45) is 2.83. The molecule has 1 aromatic rings. The van der Waals surface area contributed by atoms with E-state index >= 15 is 0 Å². The summed E-state index contributed by atoms with van der Waals surface area (Å²) in [5.41, 5.74) is 6.58. The number of rotatable bonds is 6. The van der Waals surface area contributed by atoms with Crippen LogP contribution in [0.1, 0.15) is 18.4 Å². The number of methoxy groups -OCH3 is 1. The molecule has 0 unspecified atom stereocenters. The van der Waals surface area contributed by atoms with Crippen molar-refractivity contribution < 1.29 is 9.53 Å². The van der Waals surface area contributed by atoms with E-state index in [2.05, 4.69) is 29.2 Å². The lowest BCUT2D eigenvalue weighted by atomic mass is 9.87. The van der Waals surface area contributed by atoms with Crippen molar-refractivity contribution in [1.29, 1.82) is 0 Å². The Hall–Kier alpha value is -1.39. The number of hydrogen-bond donors (Lipinski definition) is 1. The highest BCUT2D eigenvalue weighted by atomic mass is 16.5. The number of hydrogen-bond acceptors (Lipinski definition) is 3. The van der Waals surface area contributed by atoms with E-state index in [1.165, 1.54) is 5.56 Å². The number of nitrogens with two attached hydrogens (primary N) is 1. The summed E-state index contributed by atoms with van der Waals surface area (Å²) < 4.78 is 5.66. The summed E-state index contributed by atoms with van der Waals surface area (Å²) in [5, 5.41) is 0. The Morgan fingerprint density at radius 1 is 1.40 bits per heavy atom. The molecule has 1 heterocycles. The third-order valence-electron chi connectivity index (χ3n) is 4.10. The maximum absolute atomic E-state index is 10.9. The van der Waals surface area contributed by atoms with Gasteiger partial charge in [-0.2, -0.15) is 0 Å². The molecule has 4 heteroatoms. The molecule has 2 atom stereocenters. The Kier molecular flexibility index (Phi) is 5.56. The predicted molar refractivity (Wildman–Crippen MR) is 79.3 cm³/mol. The number of nitrogens with zero attached hydrogens (tertiary/aromatic N) is 1. The fraction of sp³-hybridized carbons (Fsp3) is 0.562. The van der Waals surface area contributed by atoms with Crippen LogP contribution in [-0.4, -0.2) is 43.7 Å². The number of ether oxygens (including phenoxy) is 1. The van der Waals surface area contributed by atoms with Crippen molar-refractivity contribution in [3.05, 3.63) is 35.9 Å². The number of likely N-dealkylation sites (tertiary alicyclic amines) is 1. The van der Waals surface area contributed by atoms with E-state index in [9.17, 15) is 4.79 Å². The SMILES string of the molecule is CO[C@@H]1CN(CCC(N)=O)CC[C@@H]1Cc1ccccc1. The first-order valence-electron chi connectivity index (χ1n) is 7.26. The van der Waals surface area contributed by atoms with Crippen molar-refractivity contribution in [3.63, 3.8) is 0 Å². The van der Waals surface area contributed by atoms with Crippen LogP contribution in [0.2, 0.25) is 0 Å². The van der Waals surface area contributed by atoms with Gasteiger partial charge in [0.15, 0.2) is 0 Å². The average Bonchev–Trinajstić information content (AvgIpc) is 2.47. The normalized spacial score (nSPS) is 23.6. The first-order valence-corrected chi connectivity index (χ1v) is 7.26. The van der Waals surface area contributed by atoms with Gasteiger partial charge in [0.25, 0.3) is 0 Å². The third kappa shape index (κ3) is 4.32. The molecule has 20 heavy (non-hydrogen) atoms. The van der Waals surface area contributed by atoms with Gasteiger partial charge in [0.05, 0.1) is 6.10 Å². The molecular weight excluding hydrogens is 252 g/mol. The Labute approximate surface area is 120 Å². The van der Waals surface area contributed by atoms with Gasteiger partial charge >= 0.3 is 0 Å². The van der Waals surface area contributed by atoms with Gasteiger partial charge in [0.1, 0.15) is 0 Å². The molecule has 4 nitrogen and oxygen atoms in total. The first kappa shape index (κ1) is 15.0. The zero-order valence-electron chi connectivity index (χ0n) is 12.1. The third-order valence-corrected chi connectivity index (χ3v) is 4.10. The zero-order valence-corrected chi connectivity index (χ0v) is 12.1. The second-order valence-corrected chi connectivity index (χ2v) is 5.53. The molecule has 110 valence electrons. The van der Waals surface area contributed by atoms with E-state index in [0.29, 0.717) is 12.3 Å². The van der Waals surface area contributed by atoms with E-state index in [-0.39, 0.29) is 12.0 Å². The summed E-state index contributed by atoms with van der Waals surface area (Å²) >= 11 is 0. The Morgan fingerprint density at radius 3 is 2.80 bits per heavy atom. The molecule has 1 aliphatic rings. The molecule has 1 aromatic carbocycles. The molecule has 0 spiro atoms. The molecular formula is C16H24N2O2. The highest BCUT2D eigenvalue weighted by Crippen LogP contribution is 2.24. The number of benzene rings is 1. The summed E-state index contributed by atoms with van der Waals surface area (Å²) in [6.45, 7) is 2.65. The maximum atomic E-state index is 10.9. The van der Waals surface area contributed by atoms with Crippen molar-refractivity contribution in [2.45, 2.75) is 25.4 Å². The van der Waals surface area contributed by atoms with Crippen LogP contribution in [0.15, 0.2) is 30.3 Å². The minimum atomic E-state index is -0.231. The van der Waals surface area contributed by atoms with Crippen molar-refractivity contribution >= 4 is 5.91 Å². The average molecular weight is 276 g/mol. The molecule has 1 fully saturated rings. The van der Waals surface area contributed by atoms with Gasteiger partial charge in [-0.15, -0.1) is 0 Å². The van der Waals surface area contributed by atoms with E-state index < -0.39 is 0 Å². The lowest BCUT2D eigenvalue weighted by Gasteiger charge is -2.37. The lowest BCUT2D eigenvalue weighted by molar-refractivity contribution is -0.118. The standard InChI is InChI=1S/C16H24N2O2/c1-20-15-12-18(10-8-16(17)19)9-7-14(15)11-13-5-3-2-4-6-13/h2-6,14-15H,7-12H2,1H3,(H2,17,19)/t14-,15-/m1/s1. The van der Waals surface area contributed by atoms with Crippen LogP contribution in [0.3, 0.4) is 0 Å². The second kappa shape index (κ2) is 7.41. The number of piperidine rings is 1. The molecule has 1 amide bonds. The summed E-state index contributed by atoms with van der Waals surface area (Å²) in [4.78, 5) is 13.1. The topological polar surface area (TPSA) is 55.6 Å². The van der Waals surface area contributed by atoms with Gasteiger partial charge in [-0.1, -0.05) is 30.3 Å². The number of primary amides is 1. The van der Waals surface area contributed by atoms with Gasteiger partial charge in [0.2, 0.25) is 5.91 Å². The molecule has 1 aliphatic heterocycles. The van der Waals surface area contributed by atoms with Gasteiger partial charge in [-0.05, 0) is 30.9 Å². The number of carbonyl (C=O) groups excluding carboxylic acids is 1. The van der Waals surface area contributed by atoms with Gasteiger partial charge in [-0.3, -0.25) is 4.79 Å². The van der Waals surface area contributed by atoms with Crippen LogP contribution in [0.5, 0.6) is 0 Å². The van der Waals surface area contributed by atoms with Crippen LogP contribution in [0.4, 0.5) is 0 Å². The Balaban J connectivity index is 1.88. The quantitative estimate of drug-likeness (QED) is 0.855. The first-order chi connectivity index (χ1) is 9.69. The summed E-state index contributed by atoms with van der Waals surface area (Å²) in [6, 6.07) is 10.6. The van der Waals surface area contributed by atoms with Crippen LogP contribution < -0.4 is 5.73 Å². The van der Waals surface area contributed by atoms with Gasteiger partial charge in [-0.25, -0.2) is 0 Å². The number of carbonyl (C=O) groups is 1. The van der Waals surface area contributed by atoms with E-state index in [4.69, 9.17) is 10.5 Å². The molecule has 0 radical (unpaired) electrons. The van der Waals surface area contributed by atoms with Crippen LogP contribution in [0.25, 0.3) is 0 Å². The van der Waals surface area contributed by atoms with Crippen LogP contribution >= 0.6 is 0 Å². The molecule has 2 N–H and O–H groups in total. The smallest absolute Gasteiger partial charge is 0.218 e. The van der Waals surface area contributed by atoms with Crippen LogP contribution in [0, 0.1) is 5.92 Å². The highest BCUT2D eigenvalue weighted by Gasteiger charge is 2.29. The van der Waals surface area contributed by atoms with E-state index in [1.807, 2.05) is 6.07 Å². The Bertz CT molecular complexity index is 422. The fourth-order valence-corrected chi connectivity index (χ4v) is 2.92. The summed E-state index contributed by atoms with van der Waals surface area (Å²) in [5.74, 6) is 0.317. The summed E-state index contributed by atoms with van der Waals surface area (Å²) in [7, 11) is 1.78. The van der Waals surface area contributed by atoms with Crippen molar-refractivity contribution in [3.8, 4) is 0 Å². The lowest BCUT2D eigenvalue weighted by Crippen LogP contribution is -2.46. The largest absolute Gasteiger partial charge is 0.380 e. The molecule has 2 rings (SSSR count). The maximum Gasteiger partial charge on any atom is 0.218 e. The van der Waals surface area contributed by atoms with Gasteiger partial charge in [0, 0.05) is 26.6 Å². The Morgan fingerprint density at radius 2 is 2.15 bits per heavy atom. The minimum absolute atomic E-state index is 0.231. The highest BCUT2D eigenvalue weighted by molar-refractivity contribution is 5.73. The second-order valence-electron chi connectivity index (χ2n) is 5.53. The van der Waals surface area contributed by atoms with Crippen LogP contribution in [-0.2, 0) is 16.0 Å². The van der Waals surface area contributed by atoms with E-state index in [0.717, 1.165) is 32.5 Å². The number of amides is 1. The minimum Gasteiger partial charge on any atom is -0.380 e. The molecule has 0 bridgehead atoms. The molecule has 0 aromatic heterocycles. The van der Waals surface area contributed by atoms with Crippen molar-refractivity contribution in [1.82, 2.24) is 4.90 Å². The predicted octanol–water partition coefficient (Wildman–Crippen LogP) is 1.44. The monoisotopic (exact) mass is 276 g/mol. The molecule has 0 aliphatic carbocycles. The molecule has 0 saturated carbocycles.